The normalized spacial score (nSPS) is 10.9. The molecule has 0 spiro atoms. The zero-order chi connectivity index (χ0) is 17.2. The molecule has 0 amide bonds. The standard InChI is InChI=1S/C21H27N4/c1-4-10-22(11-5-1)16-19-25(20-17-23-12-6-2-7-13-23)21-18-24-14-8-3-9-15-24/h1-15H,16-21H2/q+3. The third kappa shape index (κ3) is 6.08. The van der Waals surface area contributed by atoms with Crippen LogP contribution >= 0.6 is 0 Å². The van der Waals surface area contributed by atoms with Crippen LogP contribution in [-0.4, -0.2) is 24.5 Å². The summed E-state index contributed by atoms with van der Waals surface area (Å²) in [7, 11) is 0. The van der Waals surface area contributed by atoms with Crippen LogP contribution in [0.2, 0.25) is 0 Å². The molecule has 0 radical (unpaired) electrons. The molecule has 25 heavy (non-hydrogen) atoms. The van der Waals surface area contributed by atoms with E-state index in [9.17, 15) is 0 Å². The maximum atomic E-state index is 2.54. The van der Waals surface area contributed by atoms with Gasteiger partial charge in [0.05, 0.1) is 19.6 Å². The largest absolute Gasteiger partial charge is 0.285 e. The van der Waals surface area contributed by atoms with Gasteiger partial charge >= 0.3 is 0 Å². The Balaban J connectivity index is 1.56. The Morgan fingerprint density at radius 1 is 0.400 bits per heavy atom. The van der Waals surface area contributed by atoms with Crippen molar-refractivity contribution in [1.82, 2.24) is 4.90 Å². The summed E-state index contributed by atoms with van der Waals surface area (Å²) in [5.41, 5.74) is 0. The van der Waals surface area contributed by atoms with Crippen LogP contribution in [0.3, 0.4) is 0 Å². The summed E-state index contributed by atoms with van der Waals surface area (Å²) in [6.45, 7) is 6.19. The number of hydrogen-bond acceptors (Lipinski definition) is 1. The van der Waals surface area contributed by atoms with Gasteiger partial charge in [-0.05, 0) is 0 Å². The van der Waals surface area contributed by atoms with Crippen molar-refractivity contribution in [1.29, 1.82) is 0 Å². The van der Waals surface area contributed by atoms with Crippen LogP contribution in [0, 0.1) is 0 Å². The van der Waals surface area contributed by atoms with Gasteiger partial charge in [-0.15, -0.1) is 0 Å². The summed E-state index contributed by atoms with van der Waals surface area (Å²) in [6, 6.07) is 18.7. The molecule has 3 heterocycles. The van der Waals surface area contributed by atoms with Crippen molar-refractivity contribution in [3.05, 3.63) is 91.8 Å². The average Bonchev–Trinajstić information content (AvgIpc) is 2.70. The monoisotopic (exact) mass is 335 g/mol. The molecule has 0 aromatic carbocycles. The van der Waals surface area contributed by atoms with Crippen molar-refractivity contribution >= 4 is 0 Å². The molecule has 0 aliphatic carbocycles. The van der Waals surface area contributed by atoms with Crippen molar-refractivity contribution in [2.45, 2.75) is 19.6 Å². The van der Waals surface area contributed by atoms with Crippen molar-refractivity contribution in [2.75, 3.05) is 19.6 Å². The highest BCUT2D eigenvalue weighted by Gasteiger charge is 2.12. The Bertz CT molecular complexity index is 613. The molecule has 0 unspecified atom stereocenters. The van der Waals surface area contributed by atoms with E-state index in [-0.39, 0.29) is 0 Å². The van der Waals surface area contributed by atoms with Gasteiger partial charge in [0.2, 0.25) is 0 Å². The second kappa shape index (κ2) is 9.64. The Morgan fingerprint density at radius 3 is 0.960 bits per heavy atom. The Labute approximate surface area is 150 Å². The molecule has 128 valence electrons. The fraction of sp³-hybridized carbons (Fsp3) is 0.286. The second-order valence-corrected chi connectivity index (χ2v) is 6.18. The number of nitrogens with zero attached hydrogens (tertiary/aromatic N) is 4. The topological polar surface area (TPSA) is 14.9 Å². The van der Waals surface area contributed by atoms with E-state index in [0.717, 1.165) is 39.3 Å². The molecule has 4 heteroatoms. The molecule has 3 aromatic heterocycles. The van der Waals surface area contributed by atoms with E-state index in [1.165, 1.54) is 0 Å². The Hall–Kier alpha value is -2.59. The van der Waals surface area contributed by atoms with Crippen molar-refractivity contribution in [2.24, 2.45) is 0 Å². The third-order valence-corrected chi connectivity index (χ3v) is 4.36. The lowest BCUT2D eigenvalue weighted by molar-refractivity contribution is -0.706. The quantitative estimate of drug-likeness (QED) is 0.537. The van der Waals surface area contributed by atoms with Crippen LogP contribution in [-0.2, 0) is 19.6 Å². The van der Waals surface area contributed by atoms with Crippen molar-refractivity contribution in [3.63, 3.8) is 0 Å². The SMILES string of the molecule is c1cc[n+](CCN(CC[n+]2ccccc2)CC[n+]2ccccc2)cc1. The zero-order valence-electron chi connectivity index (χ0n) is 14.7. The van der Waals surface area contributed by atoms with E-state index in [4.69, 9.17) is 0 Å². The minimum absolute atomic E-state index is 1.01. The lowest BCUT2D eigenvalue weighted by Gasteiger charge is -2.17. The average molecular weight is 335 g/mol. The molecule has 0 bridgehead atoms. The second-order valence-electron chi connectivity index (χ2n) is 6.18. The van der Waals surface area contributed by atoms with Crippen LogP contribution in [0.5, 0.6) is 0 Å². The molecule has 0 atom stereocenters. The van der Waals surface area contributed by atoms with Gasteiger partial charge in [-0.2, -0.15) is 0 Å². The van der Waals surface area contributed by atoms with Gasteiger partial charge in [0.25, 0.3) is 0 Å². The van der Waals surface area contributed by atoms with Crippen LogP contribution < -0.4 is 13.7 Å². The maximum Gasteiger partial charge on any atom is 0.168 e. The third-order valence-electron chi connectivity index (χ3n) is 4.36. The molecular weight excluding hydrogens is 308 g/mol. The maximum absolute atomic E-state index is 2.54. The van der Waals surface area contributed by atoms with Gasteiger partial charge in [0, 0.05) is 36.4 Å². The highest BCUT2D eigenvalue weighted by atomic mass is 15.2. The first-order valence-corrected chi connectivity index (χ1v) is 8.95. The molecule has 0 aliphatic rings. The summed E-state index contributed by atoms with van der Waals surface area (Å²) >= 11 is 0. The highest BCUT2D eigenvalue weighted by molar-refractivity contribution is 4.84. The number of hydrogen-bond donors (Lipinski definition) is 0. The van der Waals surface area contributed by atoms with E-state index in [2.05, 4.69) is 110 Å². The minimum Gasteiger partial charge on any atom is -0.285 e. The molecule has 0 aliphatic heterocycles. The van der Waals surface area contributed by atoms with E-state index in [1.54, 1.807) is 0 Å². The molecule has 4 nitrogen and oxygen atoms in total. The lowest BCUT2D eigenvalue weighted by Crippen LogP contribution is -2.47. The molecule has 0 N–H and O–H groups in total. The van der Waals surface area contributed by atoms with E-state index < -0.39 is 0 Å². The van der Waals surface area contributed by atoms with Crippen LogP contribution in [0.1, 0.15) is 0 Å². The predicted octanol–water partition coefficient (Wildman–Crippen LogP) is 1.25. The number of aromatic nitrogens is 3. The molecule has 0 fully saturated rings. The highest BCUT2D eigenvalue weighted by Crippen LogP contribution is 1.91. The first kappa shape index (κ1) is 17.2. The molecule has 0 saturated heterocycles. The fourth-order valence-electron chi connectivity index (χ4n) is 2.86. The van der Waals surface area contributed by atoms with Gasteiger partial charge in [-0.3, -0.25) is 4.90 Å². The zero-order valence-corrected chi connectivity index (χ0v) is 14.7. The van der Waals surface area contributed by atoms with E-state index in [0.29, 0.717) is 0 Å². The van der Waals surface area contributed by atoms with Gasteiger partial charge in [0.1, 0.15) is 0 Å². The smallest absolute Gasteiger partial charge is 0.168 e. The van der Waals surface area contributed by atoms with E-state index in [1.807, 2.05) is 0 Å². The lowest BCUT2D eigenvalue weighted by atomic mass is 10.4. The fourth-order valence-corrected chi connectivity index (χ4v) is 2.86. The summed E-state index contributed by atoms with van der Waals surface area (Å²) in [5, 5.41) is 0. The molecular formula is C21H27N4+3. The van der Waals surface area contributed by atoms with Crippen LogP contribution in [0.4, 0.5) is 0 Å². The summed E-state index contributed by atoms with van der Waals surface area (Å²) in [5.74, 6) is 0. The van der Waals surface area contributed by atoms with Crippen LogP contribution in [0.25, 0.3) is 0 Å². The molecule has 3 rings (SSSR count). The number of pyridine rings is 3. The first-order valence-electron chi connectivity index (χ1n) is 8.95. The molecule has 3 aromatic rings. The first-order chi connectivity index (χ1) is 12.4. The van der Waals surface area contributed by atoms with Gasteiger partial charge in [0.15, 0.2) is 56.8 Å². The Kier molecular flexibility index (Phi) is 6.65. The van der Waals surface area contributed by atoms with Crippen molar-refractivity contribution < 1.29 is 13.7 Å². The van der Waals surface area contributed by atoms with E-state index >= 15 is 0 Å². The molecule has 0 saturated carbocycles. The van der Waals surface area contributed by atoms with Crippen LogP contribution in [0.15, 0.2) is 91.8 Å². The minimum atomic E-state index is 1.01. The Morgan fingerprint density at radius 2 is 0.680 bits per heavy atom. The van der Waals surface area contributed by atoms with Crippen molar-refractivity contribution in [3.8, 4) is 0 Å². The summed E-state index contributed by atoms with van der Waals surface area (Å²) in [4.78, 5) is 2.54. The summed E-state index contributed by atoms with van der Waals surface area (Å²) in [6.07, 6.45) is 12.8. The van der Waals surface area contributed by atoms with Gasteiger partial charge in [-0.1, -0.05) is 18.2 Å². The summed E-state index contributed by atoms with van der Waals surface area (Å²) < 4.78 is 6.75. The predicted molar refractivity (Wildman–Crippen MR) is 96.4 cm³/mol. The van der Waals surface area contributed by atoms with Gasteiger partial charge < -0.3 is 0 Å². The number of rotatable bonds is 9. The van der Waals surface area contributed by atoms with Gasteiger partial charge in [-0.25, -0.2) is 13.7 Å².